The lowest BCUT2D eigenvalue weighted by molar-refractivity contribution is 0.385. The van der Waals surface area contributed by atoms with E-state index in [-0.39, 0.29) is 11.8 Å². The third kappa shape index (κ3) is 4.23. The molecule has 2 heterocycles. The molecule has 0 spiro atoms. The number of hydrogen-bond donors (Lipinski definition) is 1. The number of halogens is 1. The van der Waals surface area contributed by atoms with Crippen LogP contribution >= 0.6 is 12.2 Å². The molecule has 6 nitrogen and oxygen atoms in total. The second-order valence-electron chi connectivity index (χ2n) is 8.07. The highest BCUT2D eigenvalue weighted by atomic mass is 32.1. The van der Waals surface area contributed by atoms with Crippen LogP contribution in [-0.4, -0.2) is 33.8 Å². The van der Waals surface area contributed by atoms with Crippen molar-refractivity contribution in [2.75, 3.05) is 13.7 Å². The minimum Gasteiger partial charge on any atom is -0.494 e. The van der Waals surface area contributed by atoms with Crippen molar-refractivity contribution in [3.8, 4) is 17.1 Å². The maximum absolute atomic E-state index is 14.2. The third-order valence-corrected chi connectivity index (χ3v) is 5.68. The Morgan fingerprint density at radius 2 is 1.97 bits per heavy atom. The van der Waals surface area contributed by atoms with E-state index in [9.17, 15) is 4.39 Å². The first-order chi connectivity index (χ1) is 15.4. The fourth-order valence-corrected chi connectivity index (χ4v) is 4.12. The summed E-state index contributed by atoms with van der Waals surface area (Å²) < 4.78 is 24.9. The number of nitrogens with zero attached hydrogens (tertiary/aromatic N) is 3. The molecule has 0 bridgehead atoms. The molecular formula is C24H25FN4O2S. The number of hydrogen-bond acceptors (Lipinski definition) is 5. The van der Waals surface area contributed by atoms with Gasteiger partial charge in [-0.3, -0.25) is 0 Å². The van der Waals surface area contributed by atoms with E-state index in [4.69, 9.17) is 21.5 Å². The van der Waals surface area contributed by atoms with Gasteiger partial charge in [0.2, 0.25) is 5.82 Å². The average Bonchev–Trinajstić information content (AvgIpc) is 3.26. The minimum atomic E-state index is -0.485. The van der Waals surface area contributed by atoms with Crippen molar-refractivity contribution in [2.45, 2.75) is 26.8 Å². The summed E-state index contributed by atoms with van der Waals surface area (Å²) in [5, 5.41) is 8.21. The van der Waals surface area contributed by atoms with E-state index in [1.165, 1.54) is 13.2 Å². The fourth-order valence-electron chi connectivity index (χ4n) is 3.79. The molecule has 1 aliphatic heterocycles. The Morgan fingerprint density at radius 3 is 2.62 bits per heavy atom. The molecule has 8 heteroatoms. The van der Waals surface area contributed by atoms with Crippen molar-refractivity contribution < 1.29 is 13.7 Å². The molecule has 1 N–H and O–H groups in total. The normalized spacial score (nSPS) is 16.5. The van der Waals surface area contributed by atoms with E-state index < -0.39 is 5.82 Å². The Bertz CT molecular complexity index is 1160. The summed E-state index contributed by atoms with van der Waals surface area (Å²) in [6.07, 6.45) is 0. The van der Waals surface area contributed by atoms with E-state index in [0.717, 1.165) is 23.4 Å². The predicted octanol–water partition coefficient (Wildman–Crippen LogP) is 5.20. The molecule has 0 fully saturated rings. The second-order valence-corrected chi connectivity index (χ2v) is 8.46. The lowest BCUT2D eigenvalue weighted by Crippen LogP contribution is -2.47. The molecule has 166 valence electrons. The van der Waals surface area contributed by atoms with Crippen molar-refractivity contribution in [2.24, 2.45) is 5.92 Å². The number of aromatic nitrogens is 2. The first-order valence-electron chi connectivity index (χ1n) is 10.4. The molecule has 0 saturated carbocycles. The van der Waals surface area contributed by atoms with Crippen LogP contribution < -0.4 is 10.1 Å². The van der Waals surface area contributed by atoms with Gasteiger partial charge in [0.05, 0.1) is 18.7 Å². The second kappa shape index (κ2) is 9.08. The van der Waals surface area contributed by atoms with Crippen LogP contribution in [0.4, 0.5) is 4.39 Å². The lowest BCUT2D eigenvalue weighted by atomic mass is 9.94. The number of rotatable bonds is 6. The van der Waals surface area contributed by atoms with Crippen LogP contribution in [-0.2, 0) is 0 Å². The molecule has 0 aliphatic carbocycles. The van der Waals surface area contributed by atoms with Crippen molar-refractivity contribution in [3.05, 3.63) is 71.5 Å². The topological polar surface area (TPSA) is 63.4 Å². The van der Waals surface area contributed by atoms with Crippen LogP contribution in [0, 0.1) is 11.7 Å². The zero-order valence-electron chi connectivity index (χ0n) is 18.4. The van der Waals surface area contributed by atoms with Gasteiger partial charge in [0, 0.05) is 17.8 Å². The summed E-state index contributed by atoms with van der Waals surface area (Å²) >= 11 is 5.68. The zero-order chi connectivity index (χ0) is 22.8. The van der Waals surface area contributed by atoms with Gasteiger partial charge in [0.1, 0.15) is 0 Å². The standard InChI is InChI=1S/C24H25FN4O2S/c1-14(2)13-29-15(3)20(21(26-24(29)32)16-8-6-5-7-9-16)23-27-22(28-31-23)17-10-11-19(30-4)18(25)12-17/h5-12,14,21H,13H2,1-4H3,(H,26,32). The number of allylic oxidation sites excluding steroid dienone is 1. The summed E-state index contributed by atoms with van der Waals surface area (Å²) in [6, 6.07) is 14.3. The Morgan fingerprint density at radius 1 is 1.22 bits per heavy atom. The molecule has 1 atom stereocenters. The summed E-state index contributed by atoms with van der Waals surface area (Å²) in [7, 11) is 1.42. The predicted molar refractivity (Wildman–Crippen MR) is 125 cm³/mol. The summed E-state index contributed by atoms with van der Waals surface area (Å²) in [4.78, 5) is 6.67. The molecule has 0 amide bonds. The van der Waals surface area contributed by atoms with Gasteiger partial charge < -0.3 is 19.5 Å². The zero-order valence-corrected chi connectivity index (χ0v) is 19.2. The molecule has 1 aromatic heterocycles. The van der Waals surface area contributed by atoms with Crippen molar-refractivity contribution in [1.82, 2.24) is 20.4 Å². The maximum atomic E-state index is 14.2. The van der Waals surface area contributed by atoms with Gasteiger partial charge in [-0.1, -0.05) is 49.3 Å². The number of nitrogens with one attached hydrogen (secondary N) is 1. The quantitative estimate of drug-likeness (QED) is 0.516. The molecule has 0 radical (unpaired) electrons. The third-order valence-electron chi connectivity index (χ3n) is 5.34. The number of thiocarbonyl (C=S) groups is 1. The van der Waals surface area contributed by atoms with Gasteiger partial charge in [-0.05, 0) is 48.8 Å². The number of benzene rings is 2. The maximum Gasteiger partial charge on any atom is 0.258 e. The highest BCUT2D eigenvalue weighted by molar-refractivity contribution is 7.80. The highest BCUT2D eigenvalue weighted by Gasteiger charge is 2.34. The summed E-state index contributed by atoms with van der Waals surface area (Å²) in [6.45, 7) is 7.05. The summed E-state index contributed by atoms with van der Waals surface area (Å²) in [5.74, 6) is 0.750. The Kier molecular flexibility index (Phi) is 6.23. The molecular weight excluding hydrogens is 427 g/mol. The van der Waals surface area contributed by atoms with Gasteiger partial charge in [0.15, 0.2) is 16.7 Å². The first kappa shape index (κ1) is 22.0. The van der Waals surface area contributed by atoms with Gasteiger partial charge in [0.25, 0.3) is 5.89 Å². The van der Waals surface area contributed by atoms with Gasteiger partial charge in [-0.25, -0.2) is 4.39 Å². The van der Waals surface area contributed by atoms with E-state index in [2.05, 4.69) is 34.2 Å². The Hall–Kier alpha value is -3.26. The van der Waals surface area contributed by atoms with E-state index in [1.807, 2.05) is 37.3 Å². The summed E-state index contributed by atoms with van der Waals surface area (Å²) in [5.41, 5.74) is 3.33. The molecule has 3 aromatic rings. The molecule has 2 aromatic carbocycles. The van der Waals surface area contributed by atoms with E-state index in [0.29, 0.717) is 28.3 Å². The van der Waals surface area contributed by atoms with Crippen LogP contribution in [0.15, 0.2) is 58.8 Å². The molecule has 4 rings (SSSR count). The monoisotopic (exact) mass is 452 g/mol. The van der Waals surface area contributed by atoms with Crippen molar-refractivity contribution in [3.63, 3.8) is 0 Å². The van der Waals surface area contributed by atoms with E-state index >= 15 is 0 Å². The Balaban J connectivity index is 1.79. The van der Waals surface area contributed by atoms with Crippen LogP contribution in [0.3, 0.4) is 0 Å². The van der Waals surface area contributed by atoms with Crippen molar-refractivity contribution >= 4 is 22.9 Å². The minimum absolute atomic E-state index is 0.162. The highest BCUT2D eigenvalue weighted by Crippen LogP contribution is 2.37. The smallest absolute Gasteiger partial charge is 0.258 e. The lowest BCUT2D eigenvalue weighted by Gasteiger charge is -2.38. The van der Waals surface area contributed by atoms with Gasteiger partial charge in [-0.2, -0.15) is 4.98 Å². The fraction of sp³-hybridized carbons (Fsp3) is 0.292. The SMILES string of the molecule is COc1ccc(-c2noc(C3=C(C)N(CC(C)C)C(=S)NC3c3ccccc3)n2)cc1F. The molecule has 1 unspecified atom stereocenters. The largest absolute Gasteiger partial charge is 0.494 e. The van der Waals surface area contributed by atoms with Gasteiger partial charge in [-0.15, -0.1) is 0 Å². The van der Waals surface area contributed by atoms with Crippen LogP contribution in [0.1, 0.15) is 38.3 Å². The first-order valence-corrected chi connectivity index (χ1v) is 10.8. The number of ether oxygens (including phenoxy) is 1. The number of methoxy groups -OCH3 is 1. The van der Waals surface area contributed by atoms with Crippen LogP contribution in [0.2, 0.25) is 0 Å². The van der Waals surface area contributed by atoms with E-state index in [1.54, 1.807) is 12.1 Å². The van der Waals surface area contributed by atoms with Crippen molar-refractivity contribution in [1.29, 1.82) is 0 Å². The molecule has 32 heavy (non-hydrogen) atoms. The molecule has 1 aliphatic rings. The molecule has 0 saturated heterocycles. The van der Waals surface area contributed by atoms with Crippen LogP contribution in [0.5, 0.6) is 5.75 Å². The Labute approximate surface area is 192 Å². The van der Waals surface area contributed by atoms with Gasteiger partial charge >= 0.3 is 0 Å². The van der Waals surface area contributed by atoms with Crippen LogP contribution in [0.25, 0.3) is 17.0 Å². The average molecular weight is 453 g/mol.